The van der Waals surface area contributed by atoms with E-state index in [9.17, 15) is 0 Å². The Morgan fingerprint density at radius 1 is 1.24 bits per heavy atom. The van der Waals surface area contributed by atoms with E-state index in [0.29, 0.717) is 5.92 Å². The van der Waals surface area contributed by atoms with E-state index in [2.05, 4.69) is 44.4 Å². The molecule has 1 saturated carbocycles. The summed E-state index contributed by atoms with van der Waals surface area (Å²) in [7, 11) is 0. The minimum absolute atomic E-state index is 0.199. The average molecular weight is 290 g/mol. The fraction of sp³-hybridized carbons (Fsp3) is 0.667. The molecule has 118 valence electrons. The maximum atomic E-state index is 5.86. The van der Waals surface area contributed by atoms with Gasteiger partial charge in [-0.2, -0.15) is 0 Å². The molecule has 21 heavy (non-hydrogen) atoms. The van der Waals surface area contributed by atoms with Crippen LogP contribution in [0.3, 0.4) is 0 Å². The van der Waals surface area contributed by atoms with Crippen LogP contribution in [0, 0.1) is 11.8 Å². The van der Waals surface area contributed by atoms with Crippen molar-refractivity contribution in [3.63, 3.8) is 0 Å². The Kier molecular flexibility index (Phi) is 6.07. The fourth-order valence-corrected chi connectivity index (χ4v) is 3.49. The van der Waals surface area contributed by atoms with Crippen molar-refractivity contribution in [1.29, 1.82) is 0 Å². The molecule has 0 aromatic heterocycles. The van der Waals surface area contributed by atoms with Crippen molar-refractivity contribution >= 4 is 0 Å². The van der Waals surface area contributed by atoms with Crippen molar-refractivity contribution in [2.45, 2.75) is 65.0 Å². The second-order valence-electron chi connectivity index (χ2n) is 6.57. The predicted octanol–water partition coefficient (Wildman–Crippen LogP) is 4.19. The molecule has 3 N–H and O–H groups in total. The van der Waals surface area contributed by atoms with Gasteiger partial charge in [0, 0.05) is 6.04 Å². The first kappa shape index (κ1) is 16.3. The molecule has 1 fully saturated rings. The maximum absolute atomic E-state index is 5.86. The summed E-state index contributed by atoms with van der Waals surface area (Å²) in [5, 5.41) is 0. The molecular weight excluding hydrogens is 260 g/mol. The molecule has 0 bridgehead atoms. The molecule has 0 amide bonds. The lowest BCUT2D eigenvalue weighted by Gasteiger charge is -2.33. The summed E-state index contributed by atoms with van der Waals surface area (Å²) in [6.07, 6.45) is 6.71. The number of ether oxygens (including phenoxy) is 1. The number of hydrogen-bond donors (Lipinski definition) is 2. The van der Waals surface area contributed by atoms with Crippen LogP contribution in [0.2, 0.25) is 0 Å². The largest absolute Gasteiger partial charge is 0.491 e. The molecule has 1 aromatic rings. The van der Waals surface area contributed by atoms with E-state index < -0.39 is 0 Å². The lowest BCUT2D eigenvalue weighted by molar-refractivity contribution is 0.217. The Balaban J connectivity index is 2.07. The zero-order chi connectivity index (χ0) is 15.2. The van der Waals surface area contributed by atoms with Crippen molar-refractivity contribution in [2.75, 3.05) is 0 Å². The van der Waals surface area contributed by atoms with Crippen LogP contribution in [0.25, 0.3) is 0 Å². The lowest BCUT2D eigenvalue weighted by Crippen LogP contribution is -2.35. The number of hydrogen-bond acceptors (Lipinski definition) is 3. The van der Waals surface area contributed by atoms with Crippen molar-refractivity contribution in [3.8, 4) is 5.75 Å². The Hall–Kier alpha value is -1.06. The summed E-state index contributed by atoms with van der Waals surface area (Å²) in [6, 6.07) is 8.61. The molecule has 1 aromatic carbocycles. The van der Waals surface area contributed by atoms with E-state index in [-0.39, 0.29) is 12.1 Å². The third kappa shape index (κ3) is 4.45. The molecule has 3 heteroatoms. The standard InChI is InChI=1S/C18H30N2O/c1-4-14-8-10-15(11-9-14)18(20-19)16-6-5-7-17(12-16)21-13(2)3/h5-7,12-15,18,20H,4,8-11,19H2,1-3H3. The number of hydrazine groups is 1. The van der Waals surface area contributed by atoms with Gasteiger partial charge in [-0.3, -0.25) is 11.3 Å². The second-order valence-corrected chi connectivity index (χ2v) is 6.57. The summed E-state index contributed by atoms with van der Waals surface area (Å²) in [5.41, 5.74) is 4.29. The molecule has 0 spiro atoms. The van der Waals surface area contributed by atoms with Crippen LogP contribution in [-0.2, 0) is 0 Å². The molecule has 0 aliphatic heterocycles. The van der Waals surface area contributed by atoms with Gasteiger partial charge in [0.25, 0.3) is 0 Å². The molecule has 1 atom stereocenters. The highest BCUT2D eigenvalue weighted by Crippen LogP contribution is 2.38. The van der Waals surface area contributed by atoms with Crippen LogP contribution in [0.15, 0.2) is 24.3 Å². The molecule has 0 heterocycles. The molecule has 3 nitrogen and oxygen atoms in total. The Morgan fingerprint density at radius 2 is 1.95 bits per heavy atom. The highest BCUT2D eigenvalue weighted by atomic mass is 16.5. The van der Waals surface area contributed by atoms with Crippen molar-refractivity contribution in [2.24, 2.45) is 17.7 Å². The van der Waals surface area contributed by atoms with Gasteiger partial charge in [-0.25, -0.2) is 0 Å². The minimum atomic E-state index is 0.199. The molecule has 0 radical (unpaired) electrons. The van der Waals surface area contributed by atoms with Crippen molar-refractivity contribution in [3.05, 3.63) is 29.8 Å². The van der Waals surface area contributed by atoms with Crippen LogP contribution >= 0.6 is 0 Å². The quantitative estimate of drug-likeness (QED) is 0.610. The number of nitrogens with one attached hydrogen (secondary N) is 1. The first-order chi connectivity index (χ1) is 10.1. The van der Waals surface area contributed by atoms with Gasteiger partial charge in [0.2, 0.25) is 0 Å². The number of rotatable bonds is 6. The summed E-state index contributed by atoms with van der Waals surface area (Å²) in [4.78, 5) is 0. The monoisotopic (exact) mass is 290 g/mol. The van der Waals surface area contributed by atoms with E-state index in [1.807, 2.05) is 6.07 Å². The maximum Gasteiger partial charge on any atom is 0.120 e. The lowest BCUT2D eigenvalue weighted by atomic mass is 9.76. The zero-order valence-corrected chi connectivity index (χ0v) is 13.6. The van der Waals surface area contributed by atoms with Crippen molar-refractivity contribution < 1.29 is 4.74 Å². The summed E-state index contributed by atoms with van der Waals surface area (Å²) in [6.45, 7) is 6.41. The first-order valence-corrected chi connectivity index (χ1v) is 8.36. The Morgan fingerprint density at radius 3 is 2.52 bits per heavy atom. The molecule has 1 unspecified atom stereocenters. The van der Waals surface area contributed by atoms with Crippen LogP contribution in [0.4, 0.5) is 0 Å². The summed E-state index contributed by atoms with van der Waals surface area (Å²) >= 11 is 0. The highest BCUT2D eigenvalue weighted by molar-refractivity contribution is 5.31. The van der Waals surface area contributed by atoms with Crippen LogP contribution in [0.5, 0.6) is 5.75 Å². The SMILES string of the molecule is CCC1CCC(C(NN)c2cccc(OC(C)C)c2)CC1. The summed E-state index contributed by atoms with van der Waals surface area (Å²) < 4.78 is 5.80. The van der Waals surface area contributed by atoms with Crippen molar-refractivity contribution in [1.82, 2.24) is 5.43 Å². The van der Waals surface area contributed by atoms with Gasteiger partial charge in [-0.15, -0.1) is 0 Å². The van der Waals surface area contributed by atoms with E-state index in [1.54, 1.807) is 0 Å². The van der Waals surface area contributed by atoms with Gasteiger partial charge >= 0.3 is 0 Å². The van der Waals surface area contributed by atoms with Crippen LogP contribution < -0.4 is 16.0 Å². The first-order valence-electron chi connectivity index (χ1n) is 8.36. The number of benzene rings is 1. The summed E-state index contributed by atoms with van der Waals surface area (Å²) in [5.74, 6) is 8.34. The highest BCUT2D eigenvalue weighted by Gasteiger charge is 2.27. The third-order valence-electron chi connectivity index (χ3n) is 4.71. The van der Waals surface area contributed by atoms with E-state index in [4.69, 9.17) is 10.6 Å². The molecule has 1 aliphatic carbocycles. The van der Waals surface area contributed by atoms with E-state index >= 15 is 0 Å². The zero-order valence-electron chi connectivity index (χ0n) is 13.6. The Labute approximate surface area is 129 Å². The molecular formula is C18H30N2O. The average Bonchev–Trinajstić information content (AvgIpc) is 2.48. The van der Waals surface area contributed by atoms with Crippen LogP contribution in [-0.4, -0.2) is 6.10 Å². The predicted molar refractivity (Wildman–Crippen MR) is 88.0 cm³/mol. The fourth-order valence-electron chi connectivity index (χ4n) is 3.49. The molecule has 1 aliphatic rings. The van der Waals surface area contributed by atoms with E-state index in [1.165, 1.54) is 37.7 Å². The van der Waals surface area contributed by atoms with Gasteiger partial charge in [0.15, 0.2) is 0 Å². The Bertz CT molecular complexity index is 425. The van der Waals surface area contributed by atoms with E-state index in [0.717, 1.165) is 11.7 Å². The minimum Gasteiger partial charge on any atom is -0.491 e. The number of nitrogens with two attached hydrogens (primary N) is 1. The van der Waals surface area contributed by atoms with Gasteiger partial charge in [0.1, 0.15) is 5.75 Å². The smallest absolute Gasteiger partial charge is 0.120 e. The van der Waals surface area contributed by atoms with Crippen LogP contribution in [0.1, 0.15) is 64.5 Å². The normalized spacial score (nSPS) is 24.0. The second kappa shape index (κ2) is 7.81. The van der Waals surface area contributed by atoms with Gasteiger partial charge < -0.3 is 4.74 Å². The van der Waals surface area contributed by atoms with Gasteiger partial charge in [-0.05, 0) is 56.2 Å². The molecule has 2 rings (SSSR count). The molecule has 0 saturated heterocycles. The van der Waals surface area contributed by atoms with Gasteiger partial charge in [-0.1, -0.05) is 38.3 Å². The third-order valence-corrected chi connectivity index (χ3v) is 4.71. The topological polar surface area (TPSA) is 47.3 Å². The van der Waals surface area contributed by atoms with Gasteiger partial charge in [0.05, 0.1) is 6.10 Å².